The summed E-state index contributed by atoms with van der Waals surface area (Å²) in [5, 5.41) is 3.04. The smallest absolute Gasteiger partial charge is 0.239 e. The van der Waals surface area contributed by atoms with Crippen molar-refractivity contribution in [2.24, 2.45) is 5.73 Å². The van der Waals surface area contributed by atoms with Crippen LogP contribution >= 0.6 is 27.7 Å². The number of halogens is 2. The number of amides is 1. The number of nitrogens with two attached hydrogens (primary N) is 1. The molecule has 0 radical (unpaired) electrons. The first kappa shape index (κ1) is 15.5. The van der Waals surface area contributed by atoms with Crippen LogP contribution in [0.3, 0.4) is 0 Å². The molecule has 1 rings (SSSR count). The summed E-state index contributed by atoms with van der Waals surface area (Å²) in [6, 6.07) is 3.84. The van der Waals surface area contributed by atoms with Crippen molar-refractivity contribution < 1.29 is 9.18 Å². The lowest BCUT2D eigenvalue weighted by Crippen LogP contribution is -2.40. The average Bonchev–Trinajstić information content (AvgIpc) is 2.27. The van der Waals surface area contributed by atoms with Gasteiger partial charge in [-0.25, -0.2) is 4.39 Å². The summed E-state index contributed by atoms with van der Waals surface area (Å²) in [6.07, 6.45) is 1.97. The molecular formula is C12H16BrFN2OS. The molecule has 3 nitrogen and oxygen atoms in total. The third-order valence-corrected chi connectivity index (χ3v) is 3.75. The van der Waals surface area contributed by atoms with E-state index in [-0.39, 0.29) is 11.6 Å². The molecule has 1 aromatic carbocycles. The number of hydrogen-bond donors (Lipinski definition) is 2. The second-order valence-corrected chi connectivity index (χ2v) is 5.85. The van der Waals surface area contributed by atoms with E-state index < -0.39 is 17.8 Å². The zero-order valence-electron chi connectivity index (χ0n) is 10.2. The van der Waals surface area contributed by atoms with Crippen LogP contribution in [0, 0.1) is 5.82 Å². The third kappa shape index (κ3) is 4.26. The minimum atomic E-state index is -0.805. The molecule has 0 aliphatic heterocycles. The van der Waals surface area contributed by atoms with Gasteiger partial charge in [-0.05, 0) is 25.3 Å². The Kier molecular flexibility index (Phi) is 6.11. The molecule has 1 aromatic rings. The second kappa shape index (κ2) is 7.11. The first-order chi connectivity index (χ1) is 8.45. The standard InChI is InChI=1S/C12H16BrFN2OS/c1-7(6-18-2)16-11(12(15)17)9-4-3-8(13)5-10(9)14/h3-5,7,11,16H,6H2,1-2H3,(H2,15,17)/t7-,11+/m0/s1. The number of thioether (sulfide) groups is 1. The van der Waals surface area contributed by atoms with Crippen molar-refractivity contribution in [1.82, 2.24) is 5.32 Å². The first-order valence-corrected chi connectivity index (χ1v) is 7.63. The van der Waals surface area contributed by atoms with E-state index in [0.717, 1.165) is 5.75 Å². The normalized spacial score (nSPS) is 14.2. The average molecular weight is 335 g/mol. The lowest BCUT2D eigenvalue weighted by Gasteiger charge is -2.21. The quantitative estimate of drug-likeness (QED) is 0.840. The van der Waals surface area contributed by atoms with E-state index in [1.54, 1.807) is 23.9 Å². The Hall–Kier alpha value is -0.590. The SMILES string of the molecule is CSC[C@H](C)N[C@@H](C(N)=O)c1ccc(Br)cc1F. The van der Waals surface area contributed by atoms with Gasteiger partial charge in [0.25, 0.3) is 0 Å². The van der Waals surface area contributed by atoms with E-state index in [1.165, 1.54) is 6.07 Å². The van der Waals surface area contributed by atoms with E-state index in [4.69, 9.17) is 5.73 Å². The number of primary amides is 1. The van der Waals surface area contributed by atoms with Crippen LogP contribution in [0.15, 0.2) is 22.7 Å². The number of hydrogen-bond acceptors (Lipinski definition) is 3. The molecule has 0 saturated carbocycles. The highest BCUT2D eigenvalue weighted by atomic mass is 79.9. The minimum Gasteiger partial charge on any atom is -0.368 e. The van der Waals surface area contributed by atoms with Gasteiger partial charge in [-0.15, -0.1) is 0 Å². The molecule has 100 valence electrons. The van der Waals surface area contributed by atoms with Crippen LogP contribution in [0.2, 0.25) is 0 Å². The van der Waals surface area contributed by atoms with Crippen molar-refractivity contribution in [3.8, 4) is 0 Å². The van der Waals surface area contributed by atoms with Crippen molar-refractivity contribution in [2.45, 2.75) is 19.0 Å². The maximum absolute atomic E-state index is 13.8. The van der Waals surface area contributed by atoms with Gasteiger partial charge >= 0.3 is 0 Å². The molecular weight excluding hydrogens is 319 g/mol. The molecule has 1 amide bonds. The Morgan fingerprint density at radius 2 is 2.28 bits per heavy atom. The van der Waals surface area contributed by atoms with Crippen LogP contribution in [0.1, 0.15) is 18.5 Å². The highest BCUT2D eigenvalue weighted by Crippen LogP contribution is 2.21. The highest BCUT2D eigenvalue weighted by Gasteiger charge is 2.22. The molecule has 0 unspecified atom stereocenters. The molecule has 0 aliphatic carbocycles. The highest BCUT2D eigenvalue weighted by molar-refractivity contribution is 9.10. The summed E-state index contributed by atoms with van der Waals surface area (Å²) >= 11 is 4.83. The van der Waals surface area contributed by atoms with Gasteiger partial charge in [0.05, 0.1) is 0 Å². The Morgan fingerprint density at radius 3 is 2.78 bits per heavy atom. The van der Waals surface area contributed by atoms with Gasteiger partial charge in [0.2, 0.25) is 5.91 Å². The van der Waals surface area contributed by atoms with Gasteiger partial charge in [0.15, 0.2) is 0 Å². The maximum atomic E-state index is 13.8. The van der Waals surface area contributed by atoms with Crippen LogP contribution in [0.25, 0.3) is 0 Å². The Balaban J connectivity index is 2.94. The predicted octanol–water partition coefficient (Wildman–Crippen LogP) is 2.46. The van der Waals surface area contributed by atoms with Crippen molar-refractivity contribution >= 4 is 33.6 Å². The van der Waals surface area contributed by atoms with Crippen molar-refractivity contribution in [3.05, 3.63) is 34.1 Å². The second-order valence-electron chi connectivity index (χ2n) is 4.02. The Bertz CT molecular complexity index is 431. The van der Waals surface area contributed by atoms with E-state index in [2.05, 4.69) is 21.2 Å². The minimum absolute atomic E-state index is 0.0700. The van der Waals surface area contributed by atoms with E-state index in [0.29, 0.717) is 4.47 Å². The first-order valence-electron chi connectivity index (χ1n) is 5.45. The number of benzene rings is 1. The van der Waals surface area contributed by atoms with Gasteiger partial charge in [-0.3, -0.25) is 10.1 Å². The van der Waals surface area contributed by atoms with E-state index >= 15 is 0 Å². The van der Waals surface area contributed by atoms with Gasteiger partial charge < -0.3 is 5.73 Å². The summed E-state index contributed by atoms with van der Waals surface area (Å²) in [4.78, 5) is 11.5. The summed E-state index contributed by atoms with van der Waals surface area (Å²) in [5.74, 6) is -0.205. The molecule has 0 saturated heterocycles. The molecule has 0 spiro atoms. The zero-order valence-corrected chi connectivity index (χ0v) is 12.6. The van der Waals surface area contributed by atoms with Gasteiger partial charge in [-0.1, -0.05) is 22.0 Å². The topological polar surface area (TPSA) is 55.1 Å². The molecule has 0 bridgehead atoms. The molecule has 0 aromatic heterocycles. The monoisotopic (exact) mass is 334 g/mol. The zero-order chi connectivity index (χ0) is 13.7. The van der Waals surface area contributed by atoms with Crippen LogP contribution in [-0.4, -0.2) is 24.0 Å². The number of carbonyl (C=O) groups is 1. The summed E-state index contributed by atoms with van der Waals surface area (Å²) in [7, 11) is 0. The fraction of sp³-hybridized carbons (Fsp3) is 0.417. The van der Waals surface area contributed by atoms with Gasteiger partial charge in [0, 0.05) is 21.8 Å². The molecule has 0 aliphatic rings. The van der Waals surface area contributed by atoms with Crippen LogP contribution in [0.4, 0.5) is 4.39 Å². The number of rotatable bonds is 6. The molecule has 18 heavy (non-hydrogen) atoms. The van der Waals surface area contributed by atoms with Crippen LogP contribution in [-0.2, 0) is 4.79 Å². The fourth-order valence-electron chi connectivity index (χ4n) is 1.64. The van der Waals surface area contributed by atoms with E-state index in [1.807, 2.05) is 13.2 Å². The number of nitrogens with one attached hydrogen (secondary N) is 1. The van der Waals surface area contributed by atoms with Crippen LogP contribution < -0.4 is 11.1 Å². The lowest BCUT2D eigenvalue weighted by atomic mass is 10.0. The number of carbonyl (C=O) groups excluding carboxylic acids is 1. The summed E-state index contributed by atoms with van der Waals surface area (Å²) < 4.78 is 14.4. The molecule has 0 fully saturated rings. The van der Waals surface area contributed by atoms with Crippen molar-refractivity contribution in [2.75, 3.05) is 12.0 Å². The largest absolute Gasteiger partial charge is 0.368 e. The van der Waals surface area contributed by atoms with Crippen molar-refractivity contribution in [3.63, 3.8) is 0 Å². The van der Waals surface area contributed by atoms with E-state index in [9.17, 15) is 9.18 Å². The molecule has 2 atom stereocenters. The Morgan fingerprint density at radius 1 is 1.61 bits per heavy atom. The molecule has 3 N–H and O–H groups in total. The van der Waals surface area contributed by atoms with Gasteiger partial charge in [0.1, 0.15) is 11.9 Å². The van der Waals surface area contributed by atoms with Crippen LogP contribution in [0.5, 0.6) is 0 Å². The maximum Gasteiger partial charge on any atom is 0.239 e. The molecule has 0 heterocycles. The molecule has 6 heteroatoms. The summed E-state index contributed by atoms with van der Waals surface area (Å²) in [5.41, 5.74) is 5.61. The predicted molar refractivity (Wildman–Crippen MR) is 77.0 cm³/mol. The Labute approximate surface area is 119 Å². The van der Waals surface area contributed by atoms with Gasteiger partial charge in [-0.2, -0.15) is 11.8 Å². The van der Waals surface area contributed by atoms with Crippen molar-refractivity contribution in [1.29, 1.82) is 0 Å². The summed E-state index contributed by atoms with van der Waals surface area (Å²) in [6.45, 7) is 1.93. The third-order valence-electron chi connectivity index (χ3n) is 2.43. The lowest BCUT2D eigenvalue weighted by molar-refractivity contribution is -0.120. The fourth-order valence-corrected chi connectivity index (χ4v) is 2.57.